The maximum absolute atomic E-state index is 12.4. The van der Waals surface area contributed by atoms with Crippen LogP contribution in [0.3, 0.4) is 0 Å². The summed E-state index contributed by atoms with van der Waals surface area (Å²) in [7, 11) is -3.45. The minimum Gasteiger partial charge on any atom is -0.350 e. The highest BCUT2D eigenvalue weighted by molar-refractivity contribution is 7.89. The summed E-state index contributed by atoms with van der Waals surface area (Å²) in [6.45, 7) is 0.821. The third-order valence-electron chi connectivity index (χ3n) is 4.01. The predicted molar refractivity (Wildman–Crippen MR) is 77.0 cm³/mol. The van der Waals surface area contributed by atoms with Gasteiger partial charge in [0.05, 0.1) is 5.69 Å². The van der Waals surface area contributed by atoms with Gasteiger partial charge in [-0.15, -0.1) is 0 Å². The molecule has 1 N–H and O–H groups in total. The van der Waals surface area contributed by atoms with E-state index in [1.807, 2.05) is 30.3 Å². The third kappa shape index (κ3) is 1.60. The van der Waals surface area contributed by atoms with Crippen LogP contribution in [0.5, 0.6) is 0 Å². The van der Waals surface area contributed by atoms with Gasteiger partial charge in [0.25, 0.3) is 0 Å². The van der Waals surface area contributed by atoms with Crippen molar-refractivity contribution in [3.8, 4) is 0 Å². The lowest BCUT2D eigenvalue weighted by molar-refractivity contribution is 0.507. The number of nitrogens with zero attached hydrogens (tertiary/aromatic N) is 1. The Morgan fingerprint density at radius 3 is 2.70 bits per heavy atom. The highest BCUT2D eigenvalue weighted by atomic mass is 32.2. The van der Waals surface area contributed by atoms with E-state index in [4.69, 9.17) is 0 Å². The number of fused-ring (bicyclic) bond motifs is 5. The molecule has 0 aromatic heterocycles. The maximum Gasteiger partial charge on any atom is 0.244 e. The zero-order valence-corrected chi connectivity index (χ0v) is 11.6. The normalized spacial score (nSPS) is 22.6. The van der Waals surface area contributed by atoms with Crippen molar-refractivity contribution in [1.29, 1.82) is 0 Å². The number of hydrogen-bond acceptors (Lipinski definition) is 3. The summed E-state index contributed by atoms with van der Waals surface area (Å²) >= 11 is 0. The van der Waals surface area contributed by atoms with Gasteiger partial charge in [0.2, 0.25) is 10.0 Å². The van der Waals surface area contributed by atoms with E-state index in [-0.39, 0.29) is 6.17 Å². The molecule has 0 fully saturated rings. The summed E-state index contributed by atoms with van der Waals surface area (Å²) in [5.41, 5.74) is 3.07. The number of hydrogen-bond donors (Lipinski definition) is 1. The van der Waals surface area contributed by atoms with Gasteiger partial charge in [0.1, 0.15) is 11.1 Å². The van der Waals surface area contributed by atoms with Crippen LogP contribution >= 0.6 is 0 Å². The van der Waals surface area contributed by atoms with Crippen LogP contribution in [0.1, 0.15) is 17.3 Å². The summed E-state index contributed by atoms with van der Waals surface area (Å²) in [6.07, 6.45) is 0.641. The second-order valence-electron chi connectivity index (χ2n) is 5.13. The van der Waals surface area contributed by atoms with Crippen molar-refractivity contribution in [1.82, 2.24) is 4.72 Å². The van der Waals surface area contributed by atoms with Gasteiger partial charge in [0, 0.05) is 6.54 Å². The molecule has 1 atom stereocenters. The summed E-state index contributed by atoms with van der Waals surface area (Å²) < 4.78 is 27.6. The molecular weight excluding hydrogens is 272 g/mol. The van der Waals surface area contributed by atoms with E-state index in [1.54, 1.807) is 12.1 Å². The van der Waals surface area contributed by atoms with Crippen LogP contribution in [0, 0.1) is 0 Å². The first kappa shape index (κ1) is 11.9. The lowest BCUT2D eigenvalue weighted by Gasteiger charge is -2.42. The molecule has 102 valence electrons. The number of benzene rings is 2. The second kappa shape index (κ2) is 4.07. The third-order valence-corrected chi connectivity index (χ3v) is 5.47. The molecule has 5 heteroatoms. The van der Waals surface area contributed by atoms with Crippen molar-refractivity contribution in [3.63, 3.8) is 0 Å². The van der Waals surface area contributed by atoms with Gasteiger partial charge in [-0.25, -0.2) is 8.42 Å². The van der Waals surface area contributed by atoms with Gasteiger partial charge in [-0.2, -0.15) is 4.72 Å². The largest absolute Gasteiger partial charge is 0.350 e. The van der Waals surface area contributed by atoms with Crippen LogP contribution in [0.25, 0.3) is 0 Å². The van der Waals surface area contributed by atoms with Gasteiger partial charge in [0.15, 0.2) is 0 Å². The Kier molecular flexibility index (Phi) is 2.43. The lowest BCUT2D eigenvalue weighted by Crippen LogP contribution is -2.49. The highest BCUT2D eigenvalue weighted by Crippen LogP contribution is 2.39. The maximum atomic E-state index is 12.4. The van der Waals surface area contributed by atoms with Crippen LogP contribution in [-0.4, -0.2) is 15.0 Å². The van der Waals surface area contributed by atoms with Gasteiger partial charge >= 0.3 is 0 Å². The minimum atomic E-state index is -3.45. The first-order valence-electron chi connectivity index (χ1n) is 6.63. The molecule has 0 amide bonds. The standard InChI is InChI=1S/C15H14N2O2S/c18-20(19)14-8-4-3-7-13(14)17-10-9-11-5-1-2-6-12(11)15(17)16-20/h1-8,15-16H,9-10H2/t15-/m0/s1. The molecule has 0 bridgehead atoms. The average molecular weight is 286 g/mol. The first-order valence-corrected chi connectivity index (χ1v) is 8.11. The van der Waals surface area contributed by atoms with Gasteiger partial charge in [-0.05, 0) is 29.7 Å². The van der Waals surface area contributed by atoms with Gasteiger partial charge < -0.3 is 4.90 Å². The van der Waals surface area contributed by atoms with Crippen molar-refractivity contribution in [3.05, 3.63) is 59.7 Å². The molecule has 0 aliphatic carbocycles. The number of rotatable bonds is 0. The molecule has 4 nitrogen and oxygen atoms in total. The first-order chi connectivity index (χ1) is 9.67. The fraction of sp³-hybridized carbons (Fsp3) is 0.200. The molecule has 4 rings (SSSR count). The Bertz CT molecular complexity index is 786. The molecule has 2 aromatic carbocycles. The van der Waals surface area contributed by atoms with Crippen molar-refractivity contribution < 1.29 is 8.42 Å². The van der Waals surface area contributed by atoms with Crippen LogP contribution in [-0.2, 0) is 16.4 Å². The van der Waals surface area contributed by atoms with Crippen LogP contribution in [0.4, 0.5) is 5.69 Å². The quantitative estimate of drug-likeness (QED) is 0.806. The molecule has 0 saturated carbocycles. The van der Waals surface area contributed by atoms with E-state index < -0.39 is 10.0 Å². The van der Waals surface area contributed by atoms with Crippen LogP contribution in [0.2, 0.25) is 0 Å². The number of nitrogens with one attached hydrogen (secondary N) is 1. The van der Waals surface area contributed by atoms with Crippen LogP contribution in [0.15, 0.2) is 53.4 Å². The second-order valence-corrected chi connectivity index (χ2v) is 6.82. The zero-order valence-electron chi connectivity index (χ0n) is 10.8. The monoisotopic (exact) mass is 286 g/mol. The van der Waals surface area contributed by atoms with Crippen molar-refractivity contribution in [2.45, 2.75) is 17.5 Å². The van der Waals surface area contributed by atoms with E-state index >= 15 is 0 Å². The fourth-order valence-corrected chi connectivity index (χ4v) is 4.48. The summed E-state index contributed by atoms with van der Waals surface area (Å²) in [5, 5.41) is 0. The molecule has 2 aliphatic heterocycles. The van der Waals surface area contributed by atoms with E-state index in [9.17, 15) is 8.42 Å². The Morgan fingerprint density at radius 1 is 1.05 bits per heavy atom. The van der Waals surface area contributed by atoms with E-state index in [2.05, 4.69) is 15.7 Å². The van der Waals surface area contributed by atoms with Crippen LogP contribution < -0.4 is 9.62 Å². The molecule has 0 radical (unpaired) electrons. The predicted octanol–water partition coefficient (Wildman–Crippen LogP) is 2.04. The number of sulfonamides is 1. The molecular formula is C15H14N2O2S. The number of anilines is 1. The van der Waals surface area contributed by atoms with Crippen molar-refractivity contribution >= 4 is 15.7 Å². The van der Waals surface area contributed by atoms with Crippen molar-refractivity contribution in [2.24, 2.45) is 0 Å². The zero-order chi connectivity index (χ0) is 13.7. The fourth-order valence-electron chi connectivity index (χ4n) is 3.09. The molecule has 0 unspecified atom stereocenters. The smallest absolute Gasteiger partial charge is 0.244 e. The molecule has 0 spiro atoms. The average Bonchev–Trinajstić information content (AvgIpc) is 2.47. The molecule has 0 saturated heterocycles. The minimum absolute atomic E-state index is 0.292. The summed E-state index contributed by atoms with van der Waals surface area (Å²) in [5.74, 6) is 0. The summed E-state index contributed by atoms with van der Waals surface area (Å²) in [6, 6.07) is 15.2. The van der Waals surface area contributed by atoms with Gasteiger partial charge in [-0.3, -0.25) is 0 Å². The lowest BCUT2D eigenvalue weighted by atomic mass is 9.96. The van der Waals surface area contributed by atoms with Gasteiger partial charge in [-0.1, -0.05) is 36.4 Å². The topological polar surface area (TPSA) is 49.4 Å². The van der Waals surface area contributed by atoms with Crippen molar-refractivity contribution in [2.75, 3.05) is 11.4 Å². The SMILES string of the molecule is O=S1(=O)N[C@@H]2c3ccccc3CCN2c2ccccc21. The van der Waals surface area contributed by atoms with E-state index in [1.165, 1.54) is 5.56 Å². The molecule has 2 aromatic rings. The molecule has 20 heavy (non-hydrogen) atoms. The van der Waals surface area contributed by atoms with E-state index in [0.717, 1.165) is 24.2 Å². The highest BCUT2D eigenvalue weighted by Gasteiger charge is 2.38. The Morgan fingerprint density at radius 2 is 1.80 bits per heavy atom. The Balaban J connectivity index is 1.94. The molecule has 2 aliphatic rings. The summed E-state index contributed by atoms with van der Waals surface area (Å²) in [4.78, 5) is 2.51. The number of para-hydroxylation sites is 1. The Hall–Kier alpha value is -1.85. The van der Waals surface area contributed by atoms with E-state index in [0.29, 0.717) is 4.90 Å². The Labute approximate surface area is 118 Å². The molecule has 2 heterocycles.